The Hall–Kier alpha value is -2.02. The van der Waals surface area contributed by atoms with Crippen LogP contribution in [0.4, 0.5) is 0 Å². The van der Waals surface area contributed by atoms with Crippen LogP contribution in [-0.4, -0.2) is 18.2 Å². The molecule has 4 nitrogen and oxygen atoms in total. The van der Waals surface area contributed by atoms with E-state index in [-0.39, 0.29) is 12.2 Å². The zero-order chi connectivity index (χ0) is 13.3. The molecule has 0 aliphatic rings. The predicted octanol–water partition coefficient (Wildman–Crippen LogP) is 2.59. The van der Waals surface area contributed by atoms with E-state index in [1.807, 2.05) is 19.9 Å². The smallest absolute Gasteiger partial charge is 0.307 e. The van der Waals surface area contributed by atoms with Gasteiger partial charge in [-0.05, 0) is 17.7 Å². The number of nitriles is 1. The number of carbonyl (C=O) groups is 1. The van der Waals surface area contributed by atoms with Gasteiger partial charge in [0.1, 0.15) is 5.75 Å². The van der Waals surface area contributed by atoms with Crippen molar-refractivity contribution in [3.8, 4) is 11.8 Å². The molecule has 0 spiro atoms. The fraction of sp³-hybridized carbons (Fsp3) is 0.385. The summed E-state index contributed by atoms with van der Waals surface area (Å²) in [6.45, 7) is 4.00. The van der Waals surface area contributed by atoms with Gasteiger partial charge in [-0.2, -0.15) is 5.26 Å². The number of nitrogens with zero attached hydrogens (tertiary/aromatic N) is 1. The van der Waals surface area contributed by atoms with Crippen molar-refractivity contribution in [1.82, 2.24) is 0 Å². The van der Waals surface area contributed by atoms with E-state index < -0.39 is 11.9 Å². The Morgan fingerprint density at radius 2 is 1.94 bits per heavy atom. The molecule has 1 atom stereocenters. The zero-order valence-corrected chi connectivity index (χ0v) is 10.3. The molecule has 1 rings (SSSR count). The molecule has 0 heterocycles. The summed E-state index contributed by atoms with van der Waals surface area (Å²) in [7, 11) is 1.29. The number of phenols is 1. The molecule has 0 aliphatic heterocycles. The number of aromatic hydroxyl groups is 1. The topological polar surface area (TPSA) is 70.3 Å². The molecule has 92 valence electrons. The van der Waals surface area contributed by atoms with Gasteiger partial charge in [-0.15, -0.1) is 0 Å². The maximum atomic E-state index is 11.0. The lowest BCUT2D eigenvalue weighted by atomic mass is 9.97. The third kappa shape index (κ3) is 5.03. The minimum Gasteiger partial charge on any atom is -0.508 e. The average Bonchev–Trinajstić information content (AvgIpc) is 2.39. The molecule has 0 aromatic heterocycles. The van der Waals surface area contributed by atoms with E-state index in [2.05, 4.69) is 4.74 Å². The fourth-order valence-electron chi connectivity index (χ4n) is 1.19. The Kier molecular flexibility index (Phi) is 7.20. The largest absolute Gasteiger partial charge is 0.508 e. The summed E-state index contributed by atoms with van der Waals surface area (Å²) < 4.78 is 4.49. The first-order valence-electron chi connectivity index (χ1n) is 5.42. The van der Waals surface area contributed by atoms with Gasteiger partial charge in [0.2, 0.25) is 0 Å². The molecular weight excluding hydrogens is 218 g/mol. The molecule has 0 fully saturated rings. The van der Waals surface area contributed by atoms with Gasteiger partial charge in [-0.1, -0.05) is 26.0 Å². The molecule has 1 N–H and O–H groups in total. The van der Waals surface area contributed by atoms with Gasteiger partial charge in [0.25, 0.3) is 0 Å². The number of esters is 1. The highest BCUT2D eigenvalue weighted by Crippen LogP contribution is 2.21. The number of benzene rings is 1. The summed E-state index contributed by atoms with van der Waals surface area (Å²) in [4.78, 5) is 11.0. The molecule has 4 heteroatoms. The van der Waals surface area contributed by atoms with Crippen LogP contribution >= 0.6 is 0 Å². The van der Waals surface area contributed by atoms with Crippen molar-refractivity contribution < 1.29 is 14.6 Å². The van der Waals surface area contributed by atoms with Crippen LogP contribution in [0.3, 0.4) is 0 Å². The minimum atomic E-state index is -0.530. The summed E-state index contributed by atoms with van der Waals surface area (Å²) in [6, 6.07) is 8.22. The van der Waals surface area contributed by atoms with E-state index in [0.29, 0.717) is 5.56 Å². The van der Waals surface area contributed by atoms with Gasteiger partial charge < -0.3 is 9.84 Å². The van der Waals surface area contributed by atoms with Gasteiger partial charge >= 0.3 is 5.97 Å². The lowest BCUT2D eigenvalue weighted by molar-refractivity contribution is -0.140. The Morgan fingerprint density at radius 3 is 2.35 bits per heavy atom. The highest BCUT2D eigenvalue weighted by molar-refractivity contribution is 5.71. The van der Waals surface area contributed by atoms with Crippen molar-refractivity contribution in [2.45, 2.75) is 26.2 Å². The third-order valence-corrected chi connectivity index (χ3v) is 2.05. The van der Waals surface area contributed by atoms with E-state index in [4.69, 9.17) is 10.4 Å². The van der Waals surface area contributed by atoms with Crippen molar-refractivity contribution in [2.75, 3.05) is 7.11 Å². The maximum Gasteiger partial charge on any atom is 0.307 e. The third-order valence-electron chi connectivity index (χ3n) is 2.05. The number of ether oxygens (including phenoxy) is 1. The van der Waals surface area contributed by atoms with Crippen molar-refractivity contribution in [3.05, 3.63) is 29.8 Å². The standard InChI is InChI=1S/C11H11NO3.C2H6/c1-15-11(14)6-9(7-12)8-2-4-10(13)5-3-8;1-2/h2-5,9,13H,6H2,1H3;1-2H3. The Morgan fingerprint density at radius 1 is 1.41 bits per heavy atom. The summed E-state index contributed by atoms with van der Waals surface area (Å²) in [6.07, 6.45) is 0.0256. The van der Waals surface area contributed by atoms with Crippen molar-refractivity contribution in [2.24, 2.45) is 0 Å². The molecule has 1 aromatic carbocycles. The van der Waals surface area contributed by atoms with Crippen LogP contribution in [0.1, 0.15) is 31.7 Å². The van der Waals surface area contributed by atoms with Gasteiger partial charge in [-0.3, -0.25) is 4.79 Å². The lowest BCUT2D eigenvalue weighted by Crippen LogP contribution is -2.07. The minimum absolute atomic E-state index is 0.0256. The van der Waals surface area contributed by atoms with Gasteiger partial charge in [0.05, 0.1) is 25.5 Å². The van der Waals surface area contributed by atoms with E-state index in [1.54, 1.807) is 12.1 Å². The van der Waals surface area contributed by atoms with Gasteiger partial charge in [-0.25, -0.2) is 0 Å². The zero-order valence-electron chi connectivity index (χ0n) is 10.3. The van der Waals surface area contributed by atoms with Gasteiger partial charge in [0, 0.05) is 0 Å². The summed E-state index contributed by atoms with van der Waals surface area (Å²) in [5, 5.41) is 17.9. The fourth-order valence-corrected chi connectivity index (χ4v) is 1.19. The van der Waals surface area contributed by atoms with Crippen LogP contribution in [0.25, 0.3) is 0 Å². The van der Waals surface area contributed by atoms with E-state index in [1.165, 1.54) is 19.2 Å². The number of hydrogen-bond acceptors (Lipinski definition) is 4. The van der Waals surface area contributed by atoms with Crippen molar-refractivity contribution in [1.29, 1.82) is 5.26 Å². The van der Waals surface area contributed by atoms with Crippen LogP contribution in [-0.2, 0) is 9.53 Å². The number of rotatable bonds is 3. The maximum absolute atomic E-state index is 11.0. The summed E-state index contributed by atoms with van der Waals surface area (Å²) >= 11 is 0. The van der Waals surface area contributed by atoms with Crippen LogP contribution < -0.4 is 0 Å². The first-order valence-corrected chi connectivity index (χ1v) is 5.42. The molecule has 1 unspecified atom stereocenters. The van der Waals surface area contributed by atoms with Crippen LogP contribution in [0.15, 0.2) is 24.3 Å². The molecule has 0 amide bonds. The molecule has 0 aliphatic carbocycles. The Balaban J connectivity index is 0.00000121. The Bertz CT molecular complexity index is 379. The summed E-state index contributed by atoms with van der Waals surface area (Å²) in [5.74, 6) is -0.818. The van der Waals surface area contributed by atoms with Gasteiger partial charge in [0.15, 0.2) is 0 Å². The molecule has 0 bridgehead atoms. The first-order chi connectivity index (χ1) is 8.17. The first kappa shape index (κ1) is 15.0. The number of carbonyl (C=O) groups excluding carboxylic acids is 1. The van der Waals surface area contributed by atoms with E-state index in [9.17, 15) is 4.79 Å². The lowest BCUT2D eigenvalue weighted by Gasteiger charge is -2.07. The molecule has 17 heavy (non-hydrogen) atoms. The normalized spacial score (nSPS) is 10.5. The van der Waals surface area contributed by atoms with Crippen molar-refractivity contribution in [3.63, 3.8) is 0 Å². The van der Waals surface area contributed by atoms with Crippen molar-refractivity contribution >= 4 is 5.97 Å². The molecule has 0 radical (unpaired) electrons. The second-order valence-electron chi connectivity index (χ2n) is 3.05. The second-order valence-corrected chi connectivity index (χ2v) is 3.05. The van der Waals surface area contributed by atoms with Crippen LogP contribution in [0.2, 0.25) is 0 Å². The molecular formula is C13H17NO3. The quantitative estimate of drug-likeness (QED) is 0.817. The van der Waals surface area contributed by atoms with Crippen LogP contribution in [0, 0.1) is 11.3 Å². The molecule has 0 saturated carbocycles. The monoisotopic (exact) mass is 235 g/mol. The molecule has 0 saturated heterocycles. The SMILES string of the molecule is CC.COC(=O)CC(C#N)c1ccc(O)cc1. The number of phenolic OH excluding ortho intramolecular Hbond substituents is 1. The predicted molar refractivity (Wildman–Crippen MR) is 64.4 cm³/mol. The highest BCUT2D eigenvalue weighted by Gasteiger charge is 2.15. The highest BCUT2D eigenvalue weighted by atomic mass is 16.5. The second kappa shape index (κ2) is 8.17. The Labute approximate surface area is 101 Å². The van der Waals surface area contributed by atoms with E-state index >= 15 is 0 Å². The van der Waals surface area contributed by atoms with Crippen LogP contribution in [0.5, 0.6) is 5.75 Å². The number of methoxy groups -OCH3 is 1. The summed E-state index contributed by atoms with van der Waals surface area (Å²) in [5.41, 5.74) is 0.695. The average molecular weight is 235 g/mol. The number of hydrogen-bond donors (Lipinski definition) is 1. The van der Waals surface area contributed by atoms with E-state index in [0.717, 1.165) is 0 Å². The molecule has 1 aromatic rings.